The highest BCUT2D eigenvalue weighted by molar-refractivity contribution is 6.38. The lowest BCUT2D eigenvalue weighted by molar-refractivity contribution is -0.147. The summed E-state index contributed by atoms with van der Waals surface area (Å²) < 4.78 is 0. The maximum absolute atomic E-state index is 13.7. The third-order valence-corrected chi connectivity index (χ3v) is 8.99. The Hall–Kier alpha value is -4.54. The van der Waals surface area contributed by atoms with Gasteiger partial charge in [0.05, 0.1) is 12.5 Å². The predicted octanol–water partition coefficient (Wildman–Crippen LogP) is 2.78. The molecule has 4 atom stereocenters. The van der Waals surface area contributed by atoms with E-state index in [2.05, 4.69) is 21.3 Å². The lowest BCUT2D eigenvalue weighted by atomic mass is 9.84. The van der Waals surface area contributed by atoms with E-state index in [0.717, 1.165) is 43.2 Å². The lowest BCUT2D eigenvalue weighted by Gasteiger charge is -2.29. The van der Waals surface area contributed by atoms with E-state index in [9.17, 15) is 33.9 Å². The lowest BCUT2D eigenvalue weighted by Crippen LogP contribution is -2.59. The first-order valence-electron chi connectivity index (χ1n) is 15.9. The van der Waals surface area contributed by atoms with Crippen LogP contribution in [0.5, 0.6) is 0 Å². The molecule has 2 unspecified atom stereocenters. The molecular weight excluding hydrogens is 588 g/mol. The molecule has 2 aromatic rings. The molecule has 4 rings (SSSR count). The Bertz CT molecular complexity index is 1440. The summed E-state index contributed by atoms with van der Waals surface area (Å²) in [5, 5.41) is 20.0. The van der Waals surface area contributed by atoms with Gasteiger partial charge in [0.1, 0.15) is 17.1 Å². The van der Waals surface area contributed by atoms with Crippen molar-refractivity contribution in [3.8, 4) is 0 Å². The molecule has 0 radical (unpaired) electrons. The quantitative estimate of drug-likeness (QED) is 0.199. The van der Waals surface area contributed by atoms with Gasteiger partial charge in [-0.25, -0.2) is 4.79 Å². The fraction of sp³-hybridized carbons (Fsp3) is 0.486. The molecule has 0 aromatic heterocycles. The summed E-state index contributed by atoms with van der Waals surface area (Å²) in [4.78, 5) is 78.0. The number of Topliss-reactive ketones (excluding diaryl/α,β-unsaturated/α-hetero) is 1. The number of carboxylic acids is 1. The molecule has 2 fully saturated rings. The summed E-state index contributed by atoms with van der Waals surface area (Å²) in [6.07, 6.45) is 5.44. The molecule has 0 aliphatic heterocycles. The first kappa shape index (κ1) is 34.3. The van der Waals surface area contributed by atoms with Crippen LogP contribution in [0.15, 0.2) is 60.7 Å². The maximum atomic E-state index is 13.7. The van der Waals surface area contributed by atoms with Crippen LogP contribution in [0.1, 0.15) is 82.8 Å². The van der Waals surface area contributed by atoms with Crippen LogP contribution in [0.3, 0.4) is 0 Å². The molecule has 46 heavy (non-hydrogen) atoms. The summed E-state index contributed by atoms with van der Waals surface area (Å²) in [6.45, 7) is 4.05. The summed E-state index contributed by atoms with van der Waals surface area (Å²) in [7, 11) is 0. The minimum Gasteiger partial charge on any atom is -0.480 e. The van der Waals surface area contributed by atoms with E-state index in [1.807, 2.05) is 60.7 Å². The SMILES string of the molecule is CC(NC(=O)C1(NC(=O)Cc2ccccc2)C[C@H]1c1ccccc1)C(=O)C(=O)N[C@@H](CC1CCCCC1)C(=O)NC(C)(C)C(=O)O. The molecule has 2 aliphatic carbocycles. The predicted molar refractivity (Wildman–Crippen MR) is 170 cm³/mol. The molecule has 11 heteroatoms. The molecule has 0 saturated heterocycles. The third-order valence-electron chi connectivity index (χ3n) is 8.99. The van der Waals surface area contributed by atoms with Gasteiger partial charge in [0.2, 0.25) is 23.5 Å². The molecule has 0 bridgehead atoms. The Morgan fingerprint density at radius 3 is 2.11 bits per heavy atom. The van der Waals surface area contributed by atoms with Crippen molar-refractivity contribution in [1.82, 2.24) is 21.3 Å². The smallest absolute Gasteiger partial charge is 0.328 e. The Morgan fingerprint density at radius 2 is 1.50 bits per heavy atom. The Balaban J connectivity index is 1.45. The summed E-state index contributed by atoms with van der Waals surface area (Å²) >= 11 is 0. The van der Waals surface area contributed by atoms with Gasteiger partial charge in [0.25, 0.3) is 5.91 Å². The second kappa shape index (κ2) is 14.7. The molecule has 2 saturated carbocycles. The Morgan fingerprint density at radius 1 is 0.891 bits per heavy atom. The number of carbonyl (C=O) groups excluding carboxylic acids is 5. The maximum Gasteiger partial charge on any atom is 0.328 e. The van der Waals surface area contributed by atoms with Crippen molar-refractivity contribution < 1.29 is 33.9 Å². The van der Waals surface area contributed by atoms with Gasteiger partial charge in [-0.2, -0.15) is 0 Å². The minimum absolute atomic E-state index is 0.0669. The number of hydrogen-bond donors (Lipinski definition) is 5. The first-order valence-corrected chi connectivity index (χ1v) is 15.9. The second-order valence-electron chi connectivity index (χ2n) is 13.1. The van der Waals surface area contributed by atoms with Gasteiger partial charge in [-0.15, -0.1) is 0 Å². The molecule has 0 heterocycles. The van der Waals surface area contributed by atoms with Crippen molar-refractivity contribution in [3.63, 3.8) is 0 Å². The average molecular weight is 633 g/mol. The van der Waals surface area contributed by atoms with E-state index in [1.54, 1.807) is 0 Å². The molecule has 246 valence electrons. The highest BCUT2D eigenvalue weighted by Gasteiger charge is 2.62. The largest absolute Gasteiger partial charge is 0.480 e. The first-order chi connectivity index (χ1) is 21.8. The normalized spacial score (nSPS) is 20.8. The number of hydrogen-bond acceptors (Lipinski definition) is 6. The van der Waals surface area contributed by atoms with Crippen LogP contribution >= 0.6 is 0 Å². The molecule has 2 aromatic carbocycles. The Kier molecular flexibility index (Phi) is 11.0. The number of carbonyl (C=O) groups is 6. The van der Waals surface area contributed by atoms with Crippen molar-refractivity contribution in [2.45, 2.75) is 101 Å². The Labute approximate surface area is 269 Å². The van der Waals surface area contributed by atoms with Crippen LogP contribution < -0.4 is 21.3 Å². The number of nitrogens with one attached hydrogen (secondary N) is 4. The molecule has 5 N–H and O–H groups in total. The molecule has 0 spiro atoms. The number of carboxylic acid groups (broad SMARTS) is 1. The van der Waals surface area contributed by atoms with Gasteiger partial charge in [0, 0.05) is 5.92 Å². The number of ketones is 1. The van der Waals surface area contributed by atoms with Crippen LogP contribution in [0, 0.1) is 5.92 Å². The van der Waals surface area contributed by atoms with E-state index in [0.29, 0.717) is 6.42 Å². The number of rotatable bonds is 14. The summed E-state index contributed by atoms with van der Waals surface area (Å²) in [6, 6.07) is 16.0. The number of benzene rings is 2. The van der Waals surface area contributed by atoms with Crippen LogP contribution in [0.2, 0.25) is 0 Å². The molecule has 2 aliphatic rings. The van der Waals surface area contributed by atoms with Gasteiger partial charge in [-0.3, -0.25) is 24.0 Å². The third kappa shape index (κ3) is 8.58. The van der Waals surface area contributed by atoms with Crippen molar-refractivity contribution in [3.05, 3.63) is 71.8 Å². The fourth-order valence-electron chi connectivity index (χ4n) is 6.12. The second-order valence-corrected chi connectivity index (χ2v) is 13.1. The van der Waals surface area contributed by atoms with E-state index in [-0.39, 0.29) is 30.6 Å². The van der Waals surface area contributed by atoms with Gasteiger partial charge >= 0.3 is 5.97 Å². The van der Waals surface area contributed by atoms with Gasteiger partial charge < -0.3 is 26.4 Å². The van der Waals surface area contributed by atoms with Crippen molar-refractivity contribution in [1.29, 1.82) is 0 Å². The zero-order chi connectivity index (χ0) is 33.5. The standard InChI is InChI=1S/C35H44N4O7/c1-22(29(41)31(43)37-27(19-23-13-7-4-8-14-23)30(42)39-34(2,3)33(45)46)36-32(44)35(21-26(35)25-17-11-6-12-18-25)38-28(40)20-24-15-9-5-10-16-24/h5-6,9-12,15-18,22-23,26-27H,4,7-8,13-14,19-21H2,1-3H3,(H,36,44)(H,37,43)(H,38,40)(H,39,42)(H,45,46)/t22?,26-,27-,35?/m0/s1. The number of amides is 4. The zero-order valence-corrected chi connectivity index (χ0v) is 26.6. The topological polar surface area (TPSA) is 171 Å². The minimum atomic E-state index is -1.59. The summed E-state index contributed by atoms with van der Waals surface area (Å²) in [5.74, 6) is -5.09. The van der Waals surface area contributed by atoms with Crippen LogP contribution in [0.25, 0.3) is 0 Å². The van der Waals surface area contributed by atoms with Gasteiger partial charge in [0.15, 0.2) is 0 Å². The van der Waals surface area contributed by atoms with Gasteiger partial charge in [-0.1, -0.05) is 92.8 Å². The highest BCUT2D eigenvalue weighted by atomic mass is 16.4. The van der Waals surface area contributed by atoms with Gasteiger partial charge in [-0.05, 0) is 50.7 Å². The molecule has 4 amide bonds. The highest BCUT2D eigenvalue weighted by Crippen LogP contribution is 2.51. The number of aliphatic carboxylic acids is 1. The van der Waals surface area contributed by atoms with Crippen LogP contribution in [0.4, 0.5) is 0 Å². The van der Waals surface area contributed by atoms with Crippen molar-refractivity contribution in [2.24, 2.45) is 5.92 Å². The monoisotopic (exact) mass is 632 g/mol. The average Bonchev–Trinajstić information content (AvgIpc) is 3.76. The van der Waals surface area contributed by atoms with Crippen molar-refractivity contribution in [2.75, 3.05) is 0 Å². The molecule has 11 nitrogen and oxygen atoms in total. The van der Waals surface area contributed by atoms with E-state index < -0.39 is 52.6 Å². The zero-order valence-electron chi connectivity index (χ0n) is 26.6. The van der Waals surface area contributed by atoms with Crippen LogP contribution in [-0.4, -0.2) is 63.6 Å². The summed E-state index contributed by atoms with van der Waals surface area (Å²) in [5.41, 5.74) is -1.25. The van der Waals surface area contributed by atoms with E-state index in [4.69, 9.17) is 0 Å². The van der Waals surface area contributed by atoms with E-state index in [1.165, 1.54) is 20.8 Å². The van der Waals surface area contributed by atoms with Crippen molar-refractivity contribution >= 4 is 35.4 Å². The fourth-order valence-corrected chi connectivity index (χ4v) is 6.12. The van der Waals surface area contributed by atoms with Crippen LogP contribution in [-0.2, 0) is 35.2 Å². The van der Waals surface area contributed by atoms with E-state index >= 15 is 0 Å². The molecular formula is C35H44N4O7.